The monoisotopic (exact) mass is 454 g/mol. The van der Waals surface area contributed by atoms with Gasteiger partial charge < -0.3 is 19.5 Å². The number of carbonyl (C=O) groups is 1. The summed E-state index contributed by atoms with van der Waals surface area (Å²) in [6.45, 7) is 13.6. The molecule has 1 fully saturated rings. The first-order valence-electron chi connectivity index (χ1n) is 11.5. The van der Waals surface area contributed by atoms with Crippen LogP contribution in [0, 0.1) is 5.82 Å². The maximum atomic E-state index is 14.8. The second kappa shape index (κ2) is 8.69. The molecule has 4 rings (SSSR count). The van der Waals surface area contributed by atoms with Gasteiger partial charge in [0, 0.05) is 49.1 Å². The molecular formula is C26H35FN4O2. The second-order valence-corrected chi connectivity index (χ2v) is 9.97. The maximum absolute atomic E-state index is 14.8. The molecule has 2 aliphatic heterocycles. The van der Waals surface area contributed by atoms with E-state index in [0.717, 1.165) is 27.5 Å². The Bertz CT molecular complexity index is 1210. The molecule has 33 heavy (non-hydrogen) atoms. The van der Waals surface area contributed by atoms with Gasteiger partial charge in [0.05, 0.1) is 12.2 Å². The highest BCUT2D eigenvalue weighted by Crippen LogP contribution is 2.28. The predicted molar refractivity (Wildman–Crippen MR) is 130 cm³/mol. The number of nitrogens with one attached hydrogen (secondary N) is 1. The molecule has 2 atom stereocenters. The van der Waals surface area contributed by atoms with Gasteiger partial charge in [-0.25, -0.2) is 9.18 Å². The normalized spacial score (nSPS) is 21.2. The molecule has 7 heteroatoms. The molecule has 0 spiro atoms. The number of H-pyrrole nitrogens is 1. The highest BCUT2D eigenvalue weighted by Gasteiger charge is 2.36. The van der Waals surface area contributed by atoms with Crippen molar-refractivity contribution in [2.75, 3.05) is 19.6 Å². The summed E-state index contributed by atoms with van der Waals surface area (Å²) in [4.78, 5) is 24.9. The molecule has 1 aromatic heterocycles. The van der Waals surface area contributed by atoms with E-state index < -0.39 is 5.60 Å². The van der Waals surface area contributed by atoms with E-state index in [9.17, 15) is 9.18 Å². The molecule has 0 unspecified atom stereocenters. The summed E-state index contributed by atoms with van der Waals surface area (Å²) in [5.74, 6) is -0.263. The number of carbonyl (C=O) groups excluding carboxylic acids is 1. The van der Waals surface area contributed by atoms with Crippen LogP contribution in [0.1, 0.15) is 43.0 Å². The number of ether oxygens (including phenoxy) is 1. The molecule has 6 nitrogen and oxygen atoms in total. The smallest absolute Gasteiger partial charge is 0.410 e. The maximum Gasteiger partial charge on any atom is 0.410 e. The topological polar surface area (TPSA) is 60.9 Å². The Labute approximate surface area is 195 Å². The van der Waals surface area contributed by atoms with E-state index in [1.54, 1.807) is 12.1 Å². The van der Waals surface area contributed by atoms with Crippen molar-refractivity contribution in [2.24, 2.45) is 4.99 Å². The zero-order valence-corrected chi connectivity index (χ0v) is 20.3. The molecule has 0 saturated carbocycles. The van der Waals surface area contributed by atoms with Gasteiger partial charge in [-0.15, -0.1) is 0 Å². The van der Waals surface area contributed by atoms with Crippen molar-refractivity contribution < 1.29 is 15.3 Å². The van der Waals surface area contributed by atoms with Gasteiger partial charge in [-0.3, -0.25) is 4.99 Å². The lowest BCUT2D eigenvalue weighted by Crippen LogP contribution is -2.59. The van der Waals surface area contributed by atoms with Crippen molar-refractivity contribution >= 4 is 11.8 Å². The number of benzene rings is 1. The molecule has 1 aromatic carbocycles. The standard InChI is InChI=1S/C26H33FN4O2.H2/c1-16-11-12-28-24-22(20(13-29-24)19-9-7-8-10-21(19)27)23(16)30-14-18(3)31(15-17(30)2)25(32)33-26(4,5)6;/h7-11,13,17-18H,12,14-15H2,1-6H3,(H,28,29);1H/t17-,18+;/m0./s1. The van der Waals surface area contributed by atoms with E-state index in [2.05, 4.69) is 29.8 Å². The van der Waals surface area contributed by atoms with Crippen LogP contribution in [0.25, 0.3) is 16.8 Å². The zero-order chi connectivity index (χ0) is 23.9. The SMILES string of the molecule is CC1=CCN=c2[nH]cc(-c3ccccc3F)c2=C1N1C[C@@H](C)N(C(=O)OC(C)(C)C)C[C@@H]1C.[HH]. The Morgan fingerprint density at radius 3 is 2.61 bits per heavy atom. The molecule has 1 amide bonds. The number of fused-ring (bicyclic) bond motifs is 1. The Morgan fingerprint density at radius 2 is 1.91 bits per heavy atom. The van der Waals surface area contributed by atoms with Gasteiger partial charge >= 0.3 is 6.09 Å². The summed E-state index contributed by atoms with van der Waals surface area (Å²) in [6.07, 6.45) is 3.66. The Kier molecular flexibility index (Phi) is 6.08. The fourth-order valence-electron chi connectivity index (χ4n) is 4.62. The van der Waals surface area contributed by atoms with Gasteiger partial charge in [0.1, 0.15) is 16.9 Å². The quantitative estimate of drug-likeness (QED) is 0.744. The highest BCUT2D eigenvalue weighted by molar-refractivity contribution is 5.73. The summed E-state index contributed by atoms with van der Waals surface area (Å²) >= 11 is 0. The summed E-state index contributed by atoms with van der Waals surface area (Å²) in [6, 6.07) is 6.82. The van der Waals surface area contributed by atoms with Crippen molar-refractivity contribution in [1.82, 2.24) is 14.8 Å². The molecule has 1 N–H and O–H groups in total. The average molecular weight is 455 g/mol. The van der Waals surface area contributed by atoms with Crippen molar-refractivity contribution in [1.29, 1.82) is 0 Å². The largest absolute Gasteiger partial charge is 0.444 e. The van der Waals surface area contributed by atoms with Crippen LogP contribution in [0.5, 0.6) is 0 Å². The first-order chi connectivity index (χ1) is 15.6. The summed E-state index contributed by atoms with van der Waals surface area (Å²) in [5.41, 5.74) is 3.69. The molecule has 2 aliphatic rings. The van der Waals surface area contributed by atoms with Crippen LogP contribution in [0.2, 0.25) is 0 Å². The van der Waals surface area contributed by atoms with E-state index in [1.165, 1.54) is 6.07 Å². The van der Waals surface area contributed by atoms with Gasteiger partial charge in [0.15, 0.2) is 0 Å². The minimum atomic E-state index is -0.539. The number of amides is 1. The molecule has 3 heterocycles. The van der Waals surface area contributed by atoms with Gasteiger partial charge in [-0.2, -0.15) is 0 Å². The predicted octanol–water partition coefficient (Wildman–Crippen LogP) is 4.08. The summed E-state index contributed by atoms with van der Waals surface area (Å²) in [5, 5.41) is 0.913. The van der Waals surface area contributed by atoms with E-state index in [-0.39, 0.29) is 25.4 Å². The number of hydrogen-bond acceptors (Lipinski definition) is 4. The van der Waals surface area contributed by atoms with Gasteiger partial charge in [-0.1, -0.05) is 24.3 Å². The Hall–Kier alpha value is -3.09. The Morgan fingerprint density at radius 1 is 1.18 bits per heavy atom. The molecule has 178 valence electrons. The Balaban J connectivity index is 0.00000324. The van der Waals surface area contributed by atoms with E-state index in [4.69, 9.17) is 9.73 Å². The van der Waals surface area contributed by atoms with Crippen LogP contribution < -0.4 is 10.7 Å². The summed E-state index contributed by atoms with van der Waals surface area (Å²) < 4.78 is 20.4. The van der Waals surface area contributed by atoms with Crippen molar-refractivity contribution in [3.05, 3.63) is 58.6 Å². The van der Waals surface area contributed by atoms with Crippen LogP contribution in [0.3, 0.4) is 0 Å². The number of halogens is 1. The first-order valence-corrected chi connectivity index (χ1v) is 11.5. The van der Waals surface area contributed by atoms with Gasteiger partial charge in [0.2, 0.25) is 0 Å². The number of hydrogen-bond donors (Lipinski definition) is 1. The number of piperazine rings is 1. The average Bonchev–Trinajstić information content (AvgIpc) is 3.05. The van der Waals surface area contributed by atoms with Gasteiger partial charge in [0.25, 0.3) is 0 Å². The fourth-order valence-corrected chi connectivity index (χ4v) is 4.62. The molecule has 0 aliphatic carbocycles. The van der Waals surface area contributed by atoms with E-state index >= 15 is 0 Å². The minimum absolute atomic E-state index is 0. The van der Waals surface area contributed by atoms with Crippen molar-refractivity contribution in [2.45, 2.75) is 59.2 Å². The van der Waals surface area contributed by atoms with Crippen LogP contribution in [-0.2, 0) is 4.74 Å². The summed E-state index contributed by atoms with van der Waals surface area (Å²) in [7, 11) is 0. The van der Waals surface area contributed by atoms with Crippen LogP contribution in [-0.4, -0.2) is 58.2 Å². The van der Waals surface area contributed by atoms with Gasteiger partial charge in [-0.05, 0) is 53.2 Å². The number of nitrogens with zero attached hydrogens (tertiary/aromatic N) is 3. The highest BCUT2D eigenvalue weighted by atomic mass is 19.1. The van der Waals surface area contributed by atoms with Crippen molar-refractivity contribution in [3.63, 3.8) is 0 Å². The molecular weight excluding hydrogens is 419 g/mol. The molecule has 0 radical (unpaired) electrons. The van der Waals surface area contributed by atoms with Crippen molar-refractivity contribution in [3.8, 4) is 11.1 Å². The fraction of sp³-hybridized carbons (Fsp3) is 0.462. The minimum Gasteiger partial charge on any atom is -0.444 e. The number of aromatic nitrogens is 1. The van der Waals surface area contributed by atoms with E-state index in [1.807, 2.05) is 44.9 Å². The third-order valence-corrected chi connectivity index (χ3v) is 6.18. The molecule has 2 aromatic rings. The lowest BCUT2D eigenvalue weighted by Gasteiger charge is -2.46. The lowest BCUT2D eigenvalue weighted by atomic mass is 10.00. The molecule has 0 bridgehead atoms. The first kappa shape index (κ1) is 23.1. The van der Waals surface area contributed by atoms with Crippen LogP contribution in [0.15, 0.2) is 47.1 Å². The third-order valence-electron chi connectivity index (χ3n) is 6.18. The van der Waals surface area contributed by atoms with Crippen LogP contribution >= 0.6 is 0 Å². The zero-order valence-electron chi connectivity index (χ0n) is 20.3. The number of rotatable bonds is 2. The second-order valence-electron chi connectivity index (χ2n) is 9.97. The third kappa shape index (κ3) is 4.54. The molecule has 1 saturated heterocycles. The number of aromatic amines is 1. The van der Waals surface area contributed by atoms with E-state index in [0.29, 0.717) is 25.2 Å². The van der Waals surface area contributed by atoms with Crippen LogP contribution in [0.4, 0.5) is 9.18 Å². The lowest BCUT2D eigenvalue weighted by molar-refractivity contribution is -0.000901.